The standard InChI is InChI=1S/C18H21N3O3S2/c1-5-21(6-2)26(23,24)14-8-7-12(3)15(9-14)17(22)16(10-19)18-20-13(4)11-25-18/h7-9,11,16H,5-6H2,1-4H3. The van der Waals surface area contributed by atoms with Gasteiger partial charge in [0, 0.05) is 29.7 Å². The Kier molecular flexibility index (Phi) is 6.29. The highest BCUT2D eigenvalue weighted by Gasteiger charge is 2.28. The van der Waals surface area contributed by atoms with Crippen LogP contribution in [-0.2, 0) is 10.0 Å². The number of carbonyl (C=O) groups is 1. The molecule has 2 aromatic rings. The van der Waals surface area contributed by atoms with Crippen molar-refractivity contribution in [3.8, 4) is 6.07 Å². The number of hydrogen-bond donors (Lipinski definition) is 0. The molecule has 0 aliphatic heterocycles. The zero-order chi connectivity index (χ0) is 19.5. The number of rotatable bonds is 7. The molecule has 0 radical (unpaired) electrons. The molecular formula is C18H21N3O3S2. The van der Waals surface area contributed by atoms with E-state index in [9.17, 15) is 18.5 Å². The molecule has 1 aromatic carbocycles. The van der Waals surface area contributed by atoms with E-state index in [1.165, 1.54) is 27.8 Å². The summed E-state index contributed by atoms with van der Waals surface area (Å²) in [7, 11) is -3.68. The molecule has 0 saturated heterocycles. The molecule has 138 valence electrons. The van der Waals surface area contributed by atoms with Gasteiger partial charge >= 0.3 is 0 Å². The smallest absolute Gasteiger partial charge is 0.243 e. The van der Waals surface area contributed by atoms with E-state index >= 15 is 0 Å². The number of aryl methyl sites for hydroxylation is 2. The molecule has 1 unspecified atom stereocenters. The van der Waals surface area contributed by atoms with Crippen molar-refractivity contribution in [1.82, 2.24) is 9.29 Å². The van der Waals surface area contributed by atoms with Crippen molar-refractivity contribution in [3.05, 3.63) is 45.4 Å². The number of Topliss-reactive ketones (excluding diaryl/α,β-unsaturated/α-hetero) is 1. The van der Waals surface area contributed by atoms with E-state index in [0.29, 0.717) is 23.7 Å². The normalized spacial score (nSPS) is 12.8. The molecule has 6 nitrogen and oxygen atoms in total. The van der Waals surface area contributed by atoms with E-state index in [-0.39, 0.29) is 10.5 Å². The van der Waals surface area contributed by atoms with Crippen LogP contribution in [0.25, 0.3) is 0 Å². The number of aromatic nitrogens is 1. The van der Waals surface area contributed by atoms with E-state index in [4.69, 9.17) is 0 Å². The summed E-state index contributed by atoms with van der Waals surface area (Å²) in [5.41, 5.74) is 1.60. The lowest BCUT2D eigenvalue weighted by molar-refractivity contribution is 0.0978. The minimum Gasteiger partial charge on any atom is -0.292 e. The van der Waals surface area contributed by atoms with Crippen LogP contribution in [0.15, 0.2) is 28.5 Å². The average molecular weight is 392 g/mol. The molecule has 0 N–H and O–H groups in total. The van der Waals surface area contributed by atoms with Gasteiger partial charge in [-0.15, -0.1) is 11.3 Å². The monoisotopic (exact) mass is 391 g/mol. The number of sulfonamides is 1. The van der Waals surface area contributed by atoms with Crippen LogP contribution < -0.4 is 0 Å². The Morgan fingerprint density at radius 2 is 1.96 bits per heavy atom. The van der Waals surface area contributed by atoms with E-state index in [1.807, 2.05) is 6.07 Å². The molecule has 1 atom stereocenters. The van der Waals surface area contributed by atoms with Gasteiger partial charge in [-0.1, -0.05) is 19.9 Å². The Labute approximate surface area is 158 Å². The molecule has 0 saturated carbocycles. The molecule has 2 rings (SSSR count). The van der Waals surface area contributed by atoms with Crippen molar-refractivity contribution in [1.29, 1.82) is 5.26 Å². The van der Waals surface area contributed by atoms with Crippen molar-refractivity contribution in [3.63, 3.8) is 0 Å². The number of hydrogen-bond acceptors (Lipinski definition) is 6. The fourth-order valence-corrected chi connectivity index (χ4v) is 4.95. The molecular weight excluding hydrogens is 370 g/mol. The predicted molar refractivity (Wildman–Crippen MR) is 101 cm³/mol. The maximum Gasteiger partial charge on any atom is 0.243 e. The number of thiazole rings is 1. The third-order valence-electron chi connectivity index (χ3n) is 4.09. The van der Waals surface area contributed by atoms with Crippen LogP contribution >= 0.6 is 11.3 Å². The number of benzene rings is 1. The topological polar surface area (TPSA) is 91.1 Å². The van der Waals surface area contributed by atoms with Gasteiger partial charge in [-0.3, -0.25) is 4.79 Å². The number of ketones is 1. The van der Waals surface area contributed by atoms with E-state index in [0.717, 1.165) is 5.69 Å². The van der Waals surface area contributed by atoms with Crippen LogP contribution in [0.3, 0.4) is 0 Å². The fourth-order valence-electron chi connectivity index (χ4n) is 2.63. The molecule has 0 aliphatic carbocycles. The van der Waals surface area contributed by atoms with Gasteiger partial charge in [0.15, 0.2) is 11.7 Å². The number of nitriles is 1. The van der Waals surface area contributed by atoms with Crippen LogP contribution in [0.1, 0.15) is 46.4 Å². The fraction of sp³-hybridized carbons (Fsp3) is 0.389. The molecule has 0 aliphatic rings. The largest absolute Gasteiger partial charge is 0.292 e. The molecule has 26 heavy (non-hydrogen) atoms. The summed E-state index contributed by atoms with van der Waals surface area (Å²) in [6, 6.07) is 6.47. The zero-order valence-corrected chi connectivity index (χ0v) is 16.8. The van der Waals surface area contributed by atoms with E-state index < -0.39 is 21.7 Å². The Hall–Kier alpha value is -2.08. The number of carbonyl (C=O) groups excluding carboxylic acids is 1. The second-order valence-corrected chi connectivity index (χ2v) is 8.65. The average Bonchev–Trinajstić information content (AvgIpc) is 3.02. The summed E-state index contributed by atoms with van der Waals surface area (Å²) < 4.78 is 26.8. The predicted octanol–water partition coefficient (Wildman–Crippen LogP) is 3.28. The Morgan fingerprint density at radius 1 is 1.31 bits per heavy atom. The zero-order valence-electron chi connectivity index (χ0n) is 15.2. The van der Waals surface area contributed by atoms with E-state index in [1.54, 1.807) is 39.1 Å². The van der Waals surface area contributed by atoms with Crippen molar-refractivity contribution >= 4 is 27.1 Å². The Bertz CT molecular complexity index is 954. The summed E-state index contributed by atoms with van der Waals surface area (Å²) in [5, 5.41) is 11.7. The highest BCUT2D eigenvalue weighted by Crippen LogP contribution is 2.27. The first-order chi connectivity index (χ1) is 12.3. The highest BCUT2D eigenvalue weighted by molar-refractivity contribution is 7.89. The molecule has 0 spiro atoms. The van der Waals surface area contributed by atoms with Crippen molar-refractivity contribution in [2.45, 2.75) is 38.5 Å². The lowest BCUT2D eigenvalue weighted by Crippen LogP contribution is -2.30. The quantitative estimate of drug-likeness (QED) is 0.676. The molecule has 1 heterocycles. The van der Waals surface area contributed by atoms with Crippen LogP contribution in [-0.4, -0.2) is 36.6 Å². The Balaban J connectivity index is 2.50. The molecule has 0 amide bonds. The summed E-state index contributed by atoms with van der Waals surface area (Å²) in [6.07, 6.45) is 0. The maximum atomic E-state index is 12.9. The van der Waals surface area contributed by atoms with Gasteiger partial charge in [-0.2, -0.15) is 9.57 Å². The summed E-state index contributed by atoms with van der Waals surface area (Å²) >= 11 is 1.25. The Morgan fingerprint density at radius 3 is 2.46 bits per heavy atom. The summed E-state index contributed by atoms with van der Waals surface area (Å²) in [5.74, 6) is -1.48. The first kappa shape index (κ1) is 20.2. The second kappa shape index (κ2) is 8.08. The molecule has 8 heteroatoms. The third kappa shape index (κ3) is 3.85. The summed E-state index contributed by atoms with van der Waals surface area (Å²) in [6.45, 7) is 7.73. The van der Waals surface area contributed by atoms with Crippen LogP contribution in [0.2, 0.25) is 0 Å². The van der Waals surface area contributed by atoms with Crippen molar-refractivity contribution in [2.75, 3.05) is 13.1 Å². The van der Waals surface area contributed by atoms with Crippen molar-refractivity contribution < 1.29 is 13.2 Å². The van der Waals surface area contributed by atoms with Crippen LogP contribution in [0, 0.1) is 25.2 Å². The van der Waals surface area contributed by atoms with Gasteiger partial charge < -0.3 is 0 Å². The summed E-state index contributed by atoms with van der Waals surface area (Å²) in [4.78, 5) is 17.2. The van der Waals surface area contributed by atoms with Crippen LogP contribution in [0.5, 0.6) is 0 Å². The van der Waals surface area contributed by atoms with Gasteiger partial charge in [0.05, 0.1) is 11.0 Å². The highest BCUT2D eigenvalue weighted by atomic mass is 32.2. The minimum absolute atomic E-state index is 0.0576. The lowest BCUT2D eigenvalue weighted by atomic mass is 9.96. The third-order valence-corrected chi connectivity index (χ3v) is 7.17. The van der Waals surface area contributed by atoms with Crippen molar-refractivity contribution in [2.24, 2.45) is 0 Å². The first-order valence-corrected chi connectivity index (χ1v) is 10.5. The van der Waals surface area contributed by atoms with Gasteiger partial charge in [0.1, 0.15) is 5.01 Å². The van der Waals surface area contributed by atoms with E-state index in [2.05, 4.69) is 4.98 Å². The molecule has 0 bridgehead atoms. The number of nitrogens with zero attached hydrogens (tertiary/aromatic N) is 3. The maximum absolute atomic E-state index is 12.9. The first-order valence-electron chi connectivity index (χ1n) is 8.22. The minimum atomic E-state index is -3.68. The second-order valence-electron chi connectivity index (χ2n) is 5.82. The molecule has 0 fully saturated rings. The van der Waals surface area contributed by atoms with Gasteiger partial charge in [0.25, 0.3) is 0 Å². The van der Waals surface area contributed by atoms with Crippen LogP contribution in [0.4, 0.5) is 0 Å². The molecule has 1 aromatic heterocycles. The van der Waals surface area contributed by atoms with Gasteiger partial charge in [-0.25, -0.2) is 13.4 Å². The van der Waals surface area contributed by atoms with Gasteiger partial charge in [0.2, 0.25) is 10.0 Å². The van der Waals surface area contributed by atoms with Gasteiger partial charge in [-0.05, 0) is 31.5 Å². The lowest BCUT2D eigenvalue weighted by Gasteiger charge is -2.19. The SMILES string of the molecule is CCN(CC)S(=O)(=O)c1ccc(C)c(C(=O)C(C#N)c2nc(C)cs2)c1.